The molecule has 4 rings (SSSR count). The highest BCUT2D eigenvalue weighted by Gasteiger charge is 2.16. The van der Waals surface area contributed by atoms with Crippen molar-refractivity contribution in [3.63, 3.8) is 0 Å². The van der Waals surface area contributed by atoms with Gasteiger partial charge in [-0.2, -0.15) is 0 Å². The molecule has 0 aliphatic rings. The number of nitrogens with zero attached hydrogens (tertiary/aromatic N) is 4. The van der Waals surface area contributed by atoms with E-state index in [1.807, 2.05) is 56.3 Å². The Morgan fingerprint density at radius 3 is 2.39 bits per heavy atom. The fourth-order valence-electron chi connectivity index (χ4n) is 3.32. The maximum Gasteiger partial charge on any atom is 0.333 e. The van der Waals surface area contributed by atoms with Crippen LogP contribution in [0.25, 0.3) is 11.2 Å². The highest BCUT2D eigenvalue weighted by molar-refractivity contribution is 5.68. The van der Waals surface area contributed by atoms with Crippen molar-refractivity contribution >= 4 is 11.2 Å². The molecule has 0 unspecified atom stereocenters. The normalized spacial score (nSPS) is 11.1. The molecule has 4 aromatic rings. The number of hydrogen-bond donors (Lipinski definition) is 0. The lowest BCUT2D eigenvalue weighted by Gasteiger charge is -2.14. The molecule has 0 fully saturated rings. The van der Waals surface area contributed by atoms with E-state index in [0.29, 0.717) is 12.2 Å². The average molecular weight is 372 g/mol. The van der Waals surface area contributed by atoms with E-state index < -0.39 is 5.56 Å². The van der Waals surface area contributed by atoms with Crippen LogP contribution in [0.1, 0.15) is 22.3 Å². The highest BCUT2D eigenvalue weighted by atomic mass is 16.2. The van der Waals surface area contributed by atoms with Gasteiger partial charge in [0.2, 0.25) is 0 Å². The number of benzene rings is 2. The summed E-state index contributed by atoms with van der Waals surface area (Å²) in [5, 5.41) is 0. The van der Waals surface area contributed by atoms with Gasteiger partial charge in [-0.1, -0.05) is 54.1 Å². The maximum absolute atomic E-state index is 13.3. The van der Waals surface area contributed by atoms with E-state index in [1.54, 1.807) is 0 Å². The van der Waals surface area contributed by atoms with Gasteiger partial charge in [-0.3, -0.25) is 13.9 Å². The number of aromatic nitrogens is 4. The average Bonchev–Trinajstić information content (AvgIpc) is 2.71. The fraction of sp³-hybridized carbons (Fsp3) is 0.182. The van der Waals surface area contributed by atoms with E-state index in [0.717, 1.165) is 22.3 Å². The van der Waals surface area contributed by atoms with Gasteiger partial charge in [0.25, 0.3) is 5.56 Å². The fourth-order valence-corrected chi connectivity index (χ4v) is 3.32. The number of hydrogen-bond acceptors (Lipinski definition) is 4. The van der Waals surface area contributed by atoms with E-state index in [2.05, 4.69) is 16.0 Å². The van der Waals surface area contributed by atoms with Gasteiger partial charge in [0.15, 0.2) is 11.2 Å². The van der Waals surface area contributed by atoms with Crippen LogP contribution in [0.4, 0.5) is 0 Å². The molecule has 0 bridgehead atoms. The van der Waals surface area contributed by atoms with E-state index >= 15 is 0 Å². The lowest BCUT2D eigenvalue weighted by Crippen LogP contribution is -2.41. The summed E-state index contributed by atoms with van der Waals surface area (Å²) in [5.41, 5.74) is 3.78. The monoisotopic (exact) mass is 372 g/mol. The minimum atomic E-state index is -0.422. The molecule has 0 amide bonds. The summed E-state index contributed by atoms with van der Waals surface area (Å²) >= 11 is 0. The zero-order valence-corrected chi connectivity index (χ0v) is 15.8. The molecule has 0 radical (unpaired) electrons. The Balaban J connectivity index is 1.93. The maximum atomic E-state index is 13.3. The van der Waals surface area contributed by atoms with Gasteiger partial charge in [0, 0.05) is 12.4 Å². The number of rotatable bonds is 4. The lowest BCUT2D eigenvalue weighted by atomic mass is 10.1. The molecule has 6 heteroatoms. The summed E-state index contributed by atoms with van der Waals surface area (Å²) in [5.74, 6) is 0. The van der Waals surface area contributed by atoms with Crippen LogP contribution in [-0.4, -0.2) is 19.1 Å². The SMILES string of the molecule is Cc1ccc(C)c(Cn2c(=O)n(Cc3ccccc3)c(=O)c3nccnc32)c1. The van der Waals surface area contributed by atoms with Crippen molar-refractivity contribution in [2.45, 2.75) is 26.9 Å². The molecule has 2 aromatic carbocycles. The largest absolute Gasteiger partial charge is 0.333 e. The Kier molecular flexibility index (Phi) is 4.61. The molecular formula is C22H20N4O2. The van der Waals surface area contributed by atoms with Crippen LogP contribution in [0.15, 0.2) is 70.5 Å². The molecule has 2 heterocycles. The molecular weight excluding hydrogens is 352 g/mol. The van der Waals surface area contributed by atoms with E-state index in [9.17, 15) is 9.59 Å². The van der Waals surface area contributed by atoms with Crippen LogP contribution in [-0.2, 0) is 13.1 Å². The van der Waals surface area contributed by atoms with E-state index in [-0.39, 0.29) is 17.8 Å². The lowest BCUT2D eigenvalue weighted by molar-refractivity contribution is 0.627. The van der Waals surface area contributed by atoms with Gasteiger partial charge < -0.3 is 0 Å². The smallest absolute Gasteiger partial charge is 0.272 e. The standard InChI is InChI=1S/C22H20N4O2/c1-15-8-9-16(2)18(12-15)14-25-20-19(23-10-11-24-20)21(27)26(22(25)28)13-17-6-4-3-5-7-17/h3-12H,13-14H2,1-2H3. The molecule has 0 N–H and O–H groups in total. The Labute approximate surface area is 161 Å². The predicted molar refractivity (Wildman–Crippen MR) is 109 cm³/mol. The first-order valence-electron chi connectivity index (χ1n) is 9.09. The third-order valence-corrected chi connectivity index (χ3v) is 4.86. The zero-order valence-electron chi connectivity index (χ0n) is 15.8. The van der Waals surface area contributed by atoms with Crippen molar-refractivity contribution in [2.75, 3.05) is 0 Å². The van der Waals surface area contributed by atoms with Crippen LogP contribution in [0, 0.1) is 13.8 Å². The van der Waals surface area contributed by atoms with Crippen molar-refractivity contribution in [3.8, 4) is 0 Å². The molecule has 0 atom stereocenters. The van der Waals surface area contributed by atoms with Crippen molar-refractivity contribution in [2.24, 2.45) is 0 Å². The Morgan fingerprint density at radius 1 is 0.857 bits per heavy atom. The second-order valence-electron chi connectivity index (χ2n) is 6.90. The van der Waals surface area contributed by atoms with Gasteiger partial charge in [0.05, 0.1) is 13.1 Å². The van der Waals surface area contributed by atoms with Crippen molar-refractivity contribution in [3.05, 3.63) is 104 Å². The minimum Gasteiger partial charge on any atom is -0.272 e. The molecule has 2 aromatic heterocycles. The summed E-state index contributed by atoms with van der Waals surface area (Å²) in [6.45, 7) is 4.54. The summed E-state index contributed by atoms with van der Waals surface area (Å²) < 4.78 is 2.77. The van der Waals surface area contributed by atoms with Crippen LogP contribution in [0.2, 0.25) is 0 Å². The van der Waals surface area contributed by atoms with Crippen molar-refractivity contribution in [1.29, 1.82) is 0 Å². The molecule has 28 heavy (non-hydrogen) atoms. The first-order chi connectivity index (χ1) is 13.5. The molecule has 6 nitrogen and oxygen atoms in total. The first kappa shape index (κ1) is 17.9. The van der Waals surface area contributed by atoms with Gasteiger partial charge in [0.1, 0.15) is 0 Å². The Morgan fingerprint density at radius 2 is 1.61 bits per heavy atom. The summed E-state index contributed by atoms with van der Waals surface area (Å²) in [6, 6.07) is 15.6. The van der Waals surface area contributed by atoms with Gasteiger partial charge in [-0.15, -0.1) is 0 Å². The van der Waals surface area contributed by atoms with Gasteiger partial charge in [-0.05, 0) is 30.5 Å². The topological polar surface area (TPSA) is 69.8 Å². The second kappa shape index (κ2) is 7.23. The van der Waals surface area contributed by atoms with Gasteiger partial charge in [-0.25, -0.2) is 14.8 Å². The van der Waals surface area contributed by atoms with Crippen molar-refractivity contribution < 1.29 is 0 Å². The quantitative estimate of drug-likeness (QED) is 0.552. The highest BCUT2D eigenvalue weighted by Crippen LogP contribution is 2.13. The Bertz CT molecular complexity index is 1270. The molecule has 140 valence electrons. The number of aryl methyl sites for hydroxylation is 2. The molecule has 0 aliphatic heterocycles. The van der Waals surface area contributed by atoms with Crippen LogP contribution in [0.5, 0.6) is 0 Å². The van der Waals surface area contributed by atoms with E-state index in [4.69, 9.17) is 0 Å². The third-order valence-electron chi connectivity index (χ3n) is 4.86. The molecule has 0 spiro atoms. The van der Waals surface area contributed by atoms with Crippen LogP contribution in [0.3, 0.4) is 0 Å². The minimum absolute atomic E-state index is 0.192. The summed E-state index contributed by atoms with van der Waals surface area (Å²) in [7, 11) is 0. The molecule has 0 saturated heterocycles. The van der Waals surface area contributed by atoms with Gasteiger partial charge >= 0.3 is 5.69 Å². The zero-order chi connectivity index (χ0) is 19.7. The van der Waals surface area contributed by atoms with Crippen LogP contribution >= 0.6 is 0 Å². The summed E-state index contributed by atoms with van der Waals surface area (Å²) in [4.78, 5) is 34.7. The summed E-state index contributed by atoms with van der Waals surface area (Å²) in [6.07, 6.45) is 2.98. The Hall–Kier alpha value is -3.54. The van der Waals surface area contributed by atoms with E-state index in [1.165, 1.54) is 21.5 Å². The third kappa shape index (κ3) is 3.24. The molecule has 0 saturated carbocycles. The van der Waals surface area contributed by atoms with Crippen LogP contribution < -0.4 is 11.2 Å². The second-order valence-corrected chi connectivity index (χ2v) is 6.90. The molecule has 0 aliphatic carbocycles. The predicted octanol–water partition coefficient (Wildman–Crippen LogP) is 2.67. The number of fused-ring (bicyclic) bond motifs is 1. The van der Waals surface area contributed by atoms with Crippen molar-refractivity contribution in [1.82, 2.24) is 19.1 Å². The first-order valence-corrected chi connectivity index (χ1v) is 9.09.